The molecule has 1 aromatic heterocycles. The molecule has 1 aromatic carbocycles. The molecule has 0 spiro atoms. The van der Waals surface area contributed by atoms with E-state index in [1.807, 2.05) is 32.0 Å². The Morgan fingerprint density at radius 2 is 1.78 bits per heavy atom. The van der Waals surface area contributed by atoms with Crippen molar-refractivity contribution in [2.45, 2.75) is 13.8 Å². The fourth-order valence-corrected chi connectivity index (χ4v) is 3.83. The molecule has 0 atom stereocenters. The van der Waals surface area contributed by atoms with Gasteiger partial charge in [-0.1, -0.05) is 0 Å². The first-order valence-corrected chi connectivity index (χ1v) is 9.45. The number of H-pyrrole nitrogens is 1. The molecule has 23 heavy (non-hydrogen) atoms. The summed E-state index contributed by atoms with van der Waals surface area (Å²) in [5.74, 6) is -0.0432. The third kappa shape index (κ3) is 2.98. The summed E-state index contributed by atoms with van der Waals surface area (Å²) in [5.41, 5.74) is 3.92. The summed E-state index contributed by atoms with van der Waals surface area (Å²) < 4.78 is 24.5. The van der Waals surface area contributed by atoms with Crippen LogP contribution in [0.5, 0.6) is 0 Å². The highest BCUT2D eigenvalue weighted by Crippen LogP contribution is 2.23. The smallest absolute Gasteiger partial charge is 0.253 e. The van der Waals surface area contributed by atoms with Crippen LogP contribution in [0.15, 0.2) is 18.2 Å². The van der Waals surface area contributed by atoms with E-state index in [9.17, 15) is 13.2 Å². The van der Waals surface area contributed by atoms with Crippen molar-refractivity contribution in [3.8, 4) is 0 Å². The van der Waals surface area contributed by atoms with Crippen LogP contribution >= 0.6 is 0 Å². The number of fused-ring (bicyclic) bond motifs is 1. The molecule has 3 rings (SSSR count). The molecule has 124 valence electrons. The maximum absolute atomic E-state index is 12.7. The van der Waals surface area contributed by atoms with E-state index in [0.717, 1.165) is 22.2 Å². The highest BCUT2D eigenvalue weighted by atomic mass is 32.2. The van der Waals surface area contributed by atoms with E-state index in [4.69, 9.17) is 0 Å². The Kier molecular flexibility index (Phi) is 3.93. The number of hydrogen-bond donors (Lipinski definition) is 1. The number of benzene rings is 1. The molecule has 1 N–H and O–H groups in total. The number of sulfonamides is 1. The zero-order chi connectivity index (χ0) is 16.8. The van der Waals surface area contributed by atoms with Crippen LogP contribution in [0.25, 0.3) is 10.9 Å². The van der Waals surface area contributed by atoms with Crippen molar-refractivity contribution < 1.29 is 13.2 Å². The van der Waals surface area contributed by atoms with Crippen LogP contribution in [0.2, 0.25) is 0 Å². The van der Waals surface area contributed by atoms with Crippen molar-refractivity contribution in [1.29, 1.82) is 0 Å². The van der Waals surface area contributed by atoms with Gasteiger partial charge in [0.05, 0.1) is 6.26 Å². The first-order valence-electron chi connectivity index (χ1n) is 7.60. The molecule has 1 amide bonds. The lowest BCUT2D eigenvalue weighted by atomic mass is 10.1. The molecular weight excluding hydrogens is 314 g/mol. The van der Waals surface area contributed by atoms with Crippen LogP contribution in [0.1, 0.15) is 21.6 Å². The Labute approximate surface area is 136 Å². The molecule has 7 heteroatoms. The lowest BCUT2D eigenvalue weighted by Crippen LogP contribution is -2.50. The maximum Gasteiger partial charge on any atom is 0.253 e. The number of carbonyl (C=O) groups is 1. The minimum absolute atomic E-state index is 0.0432. The Bertz CT molecular complexity index is 862. The number of piperazine rings is 1. The number of aromatic amines is 1. The van der Waals surface area contributed by atoms with Crippen LogP contribution in [0.3, 0.4) is 0 Å². The van der Waals surface area contributed by atoms with E-state index < -0.39 is 10.0 Å². The Hall–Kier alpha value is -1.86. The SMILES string of the molecule is Cc1[nH]c2ccc(C(=O)N3CCN(S(C)(=O)=O)CC3)cc2c1C. The van der Waals surface area contributed by atoms with Crippen LogP contribution in [0.4, 0.5) is 0 Å². The summed E-state index contributed by atoms with van der Waals surface area (Å²) in [7, 11) is -3.18. The monoisotopic (exact) mass is 335 g/mol. The largest absolute Gasteiger partial charge is 0.358 e. The highest BCUT2D eigenvalue weighted by Gasteiger charge is 2.26. The second-order valence-electron chi connectivity index (χ2n) is 6.09. The molecule has 0 unspecified atom stereocenters. The number of carbonyl (C=O) groups excluding carboxylic acids is 1. The van der Waals surface area contributed by atoms with Crippen LogP contribution in [-0.2, 0) is 10.0 Å². The van der Waals surface area contributed by atoms with Gasteiger partial charge in [0, 0.05) is 48.3 Å². The van der Waals surface area contributed by atoms with Gasteiger partial charge in [0.15, 0.2) is 0 Å². The molecule has 6 nitrogen and oxygen atoms in total. The number of hydrogen-bond acceptors (Lipinski definition) is 3. The summed E-state index contributed by atoms with van der Waals surface area (Å²) in [4.78, 5) is 17.7. The topological polar surface area (TPSA) is 73.5 Å². The van der Waals surface area contributed by atoms with Crippen molar-refractivity contribution in [2.24, 2.45) is 0 Å². The molecule has 2 heterocycles. The zero-order valence-electron chi connectivity index (χ0n) is 13.6. The predicted octanol–water partition coefficient (Wildman–Crippen LogP) is 1.50. The second-order valence-corrected chi connectivity index (χ2v) is 8.07. The number of aromatic nitrogens is 1. The number of aryl methyl sites for hydroxylation is 2. The van der Waals surface area contributed by atoms with E-state index in [2.05, 4.69) is 4.98 Å². The Morgan fingerprint density at radius 3 is 2.39 bits per heavy atom. The molecule has 0 radical (unpaired) electrons. The maximum atomic E-state index is 12.7. The predicted molar refractivity (Wildman–Crippen MR) is 90.1 cm³/mol. The zero-order valence-corrected chi connectivity index (χ0v) is 14.4. The minimum Gasteiger partial charge on any atom is -0.358 e. The van der Waals surface area contributed by atoms with Crippen LogP contribution in [0, 0.1) is 13.8 Å². The molecule has 1 saturated heterocycles. The van der Waals surface area contributed by atoms with Gasteiger partial charge < -0.3 is 9.88 Å². The van der Waals surface area contributed by atoms with Crippen molar-refractivity contribution in [1.82, 2.24) is 14.2 Å². The van der Waals surface area contributed by atoms with Crippen molar-refractivity contribution in [3.05, 3.63) is 35.0 Å². The average molecular weight is 335 g/mol. The van der Waals surface area contributed by atoms with Gasteiger partial charge in [-0.2, -0.15) is 4.31 Å². The third-order valence-corrected chi connectivity index (χ3v) is 5.85. The van der Waals surface area contributed by atoms with Gasteiger partial charge >= 0.3 is 0 Å². The van der Waals surface area contributed by atoms with Gasteiger partial charge in [-0.3, -0.25) is 4.79 Å². The quantitative estimate of drug-likeness (QED) is 0.904. The Morgan fingerprint density at radius 1 is 1.13 bits per heavy atom. The fraction of sp³-hybridized carbons (Fsp3) is 0.438. The summed E-state index contributed by atoms with van der Waals surface area (Å²) in [5, 5.41) is 1.06. The highest BCUT2D eigenvalue weighted by molar-refractivity contribution is 7.88. The second kappa shape index (κ2) is 5.65. The van der Waals surface area contributed by atoms with Crippen LogP contribution in [-0.4, -0.2) is 60.9 Å². The number of nitrogens with zero attached hydrogens (tertiary/aromatic N) is 2. The molecule has 1 aliphatic heterocycles. The molecule has 0 bridgehead atoms. The summed E-state index contributed by atoms with van der Waals surface area (Å²) in [6, 6.07) is 5.66. The van der Waals surface area contributed by atoms with Gasteiger partial charge in [0.2, 0.25) is 10.0 Å². The van der Waals surface area contributed by atoms with Gasteiger partial charge in [0.1, 0.15) is 0 Å². The lowest BCUT2D eigenvalue weighted by Gasteiger charge is -2.33. The van der Waals surface area contributed by atoms with E-state index in [1.54, 1.807) is 4.90 Å². The van der Waals surface area contributed by atoms with Gasteiger partial charge in [0.25, 0.3) is 5.91 Å². The van der Waals surface area contributed by atoms with Gasteiger partial charge in [-0.25, -0.2) is 8.42 Å². The van der Waals surface area contributed by atoms with Crippen molar-refractivity contribution in [2.75, 3.05) is 32.4 Å². The molecule has 1 aliphatic rings. The molecule has 2 aromatic rings. The van der Waals surface area contributed by atoms with Gasteiger partial charge in [-0.15, -0.1) is 0 Å². The number of rotatable bonds is 2. The first kappa shape index (κ1) is 16.0. The van der Waals surface area contributed by atoms with Gasteiger partial charge in [-0.05, 0) is 37.6 Å². The molecule has 1 fully saturated rings. The summed E-state index contributed by atoms with van der Waals surface area (Å²) in [6.07, 6.45) is 1.20. The first-order chi connectivity index (χ1) is 10.8. The molecule has 0 saturated carbocycles. The Balaban J connectivity index is 1.80. The van der Waals surface area contributed by atoms with E-state index >= 15 is 0 Å². The molecule has 0 aliphatic carbocycles. The number of amides is 1. The summed E-state index contributed by atoms with van der Waals surface area (Å²) >= 11 is 0. The fourth-order valence-electron chi connectivity index (χ4n) is 3.00. The van der Waals surface area contributed by atoms with E-state index in [1.165, 1.54) is 10.6 Å². The summed E-state index contributed by atoms with van der Waals surface area (Å²) in [6.45, 7) is 5.61. The molecular formula is C16H21N3O3S. The average Bonchev–Trinajstić information content (AvgIpc) is 2.80. The standard InChI is InChI=1S/C16H21N3O3S/c1-11-12(2)17-15-5-4-13(10-14(11)15)16(20)18-6-8-19(9-7-18)23(3,21)22/h4-5,10,17H,6-9H2,1-3H3. The van der Waals surface area contributed by atoms with Crippen LogP contribution < -0.4 is 0 Å². The number of nitrogens with one attached hydrogen (secondary N) is 1. The van der Waals surface area contributed by atoms with E-state index in [0.29, 0.717) is 31.7 Å². The normalized spacial score (nSPS) is 16.9. The van der Waals surface area contributed by atoms with E-state index in [-0.39, 0.29) is 5.91 Å². The third-order valence-electron chi connectivity index (χ3n) is 4.55. The van der Waals surface area contributed by atoms with Crippen molar-refractivity contribution >= 4 is 26.8 Å². The lowest BCUT2D eigenvalue weighted by molar-refractivity contribution is 0.0698. The van der Waals surface area contributed by atoms with Crippen molar-refractivity contribution in [3.63, 3.8) is 0 Å². The minimum atomic E-state index is -3.18.